The van der Waals surface area contributed by atoms with Crippen molar-refractivity contribution < 1.29 is 18.4 Å². The van der Waals surface area contributed by atoms with Crippen LogP contribution < -0.4 is 11.1 Å². The number of halogens is 2. The maximum absolute atomic E-state index is 13.6. The number of anilines is 1. The van der Waals surface area contributed by atoms with Crippen LogP contribution in [0.25, 0.3) is 0 Å². The molecule has 2 amide bonds. The molecule has 0 radical (unpaired) electrons. The molecule has 1 aromatic rings. The first-order chi connectivity index (χ1) is 8.88. The van der Waals surface area contributed by atoms with Crippen molar-refractivity contribution in [2.75, 3.05) is 26.4 Å². The van der Waals surface area contributed by atoms with E-state index in [1.807, 2.05) is 0 Å². The number of rotatable bonds is 4. The predicted molar refractivity (Wildman–Crippen MR) is 66.4 cm³/mol. The van der Waals surface area contributed by atoms with Gasteiger partial charge in [-0.05, 0) is 12.1 Å². The van der Waals surface area contributed by atoms with Crippen molar-refractivity contribution in [3.63, 3.8) is 0 Å². The van der Waals surface area contributed by atoms with Crippen LogP contribution in [0.2, 0.25) is 0 Å². The first-order valence-corrected chi connectivity index (χ1v) is 5.58. The highest BCUT2D eigenvalue weighted by Gasteiger charge is 2.22. The minimum absolute atomic E-state index is 0.0459. The molecule has 0 aliphatic rings. The Balaban J connectivity index is 2.88. The van der Waals surface area contributed by atoms with E-state index in [0.29, 0.717) is 0 Å². The highest BCUT2D eigenvalue weighted by Crippen LogP contribution is 2.20. The second-order valence-electron chi connectivity index (χ2n) is 3.98. The van der Waals surface area contributed by atoms with Gasteiger partial charge in [-0.2, -0.15) is 0 Å². The zero-order chi connectivity index (χ0) is 14.6. The molecule has 0 aromatic heterocycles. The molecule has 5 nitrogen and oxygen atoms in total. The summed E-state index contributed by atoms with van der Waals surface area (Å²) in [7, 11) is 2.81. The SMILES string of the molecule is CNC(=O)CCN(C)C(=O)c1c(F)ccc(N)c1F. The minimum atomic E-state index is -1.09. The van der Waals surface area contributed by atoms with E-state index in [9.17, 15) is 18.4 Å². The van der Waals surface area contributed by atoms with Crippen molar-refractivity contribution in [3.8, 4) is 0 Å². The predicted octanol–water partition coefficient (Wildman–Crippen LogP) is 0.755. The number of nitrogen functional groups attached to an aromatic ring is 1. The van der Waals surface area contributed by atoms with E-state index in [4.69, 9.17) is 5.73 Å². The summed E-state index contributed by atoms with van der Waals surface area (Å²) in [5.74, 6) is -3.19. The number of nitrogens with zero attached hydrogens (tertiary/aromatic N) is 1. The lowest BCUT2D eigenvalue weighted by Gasteiger charge is -2.17. The van der Waals surface area contributed by atoms with Crippen LogP contribution in [0.1, 0.15) is 16.8 Å². The van der Waals surface area contributed by atoms with Gasteiger partial charge in [-0.25, -0.2) is 8.78 Å². The molecule has 1 aromatic carbocycles. The van der Waals surface area contributed by atoms with E-state index in [1.165, 1.54) is 14.1 Å². The second kappa shape index (κ2) is 6.12. The number of benzene rings is 1. The van der Waals surface area contributed by atoms with Crippen molar-refractivity contribution in [1.29, 1.82) is 0 Å². The number of nitrogens with two attached hydrogens (primary N) is 1. The van der Waals surface area contributed by atoms with Crippen LogP contribution in [0.5, 0.6) is 0 Å². The van der Waals surface area contributed by atoms with Crippen LogP contribution in [0, 0.1) is 11.6 Å². The van der Waals surface area contributed by atoms with E-state index in [-0.39, 0.29) is 24.6 Å². The average molecular weight is 271 g/mol. The van der Waals surface area contributed by atoms with Crippen LogP contribution in [0.3, 0.4) is 0 Å². The molecule has 0 saturated heterocycles. The normalized spacial score (nSPS) is 10.1. The number of hydrogen-bond acceptors (Lipinski definition) is 3. The lowest BCUT2D eigenvalue weighted by atomic mass is 10.1. The molecule has 19 heavy (non-hydrogen) atoms. The summed E-state index contributed by atoms with van der Waals surface area (Å²) in [5.41, 5.74) is 4.28. The second-order valence-corrected chi connectivity index (χ2v) is 3.98. The Morgan fingerprint density at radius 1 is 1.37 bits per heavy atom. The third-order valence-corrected chi connectivity index (χ3v) is 2.63. The zero-order valence-corrected chi connectivity index (χ0v) is 10.7. The van der Waals surface area contributed by atoms with E-state index in [2.05, 4.69) is 5.32 Å². The Kier molecular flexibility index (Phi) is 4.80. The largest absolute Gasteiger partial charge is 0.396 e. The van der Waals surface area contributed by atoms with E-state index < -0.39 is 23.1 Å². The van der Waals surface area contributed by atoms with Gasteiger partial charge in [-0.3, -0.25) is 9.59 Å². The summed E-state index contributed by atoms with van der Waals surface area (Å²) < 4.78 is 27.1. The first-order valence-electron chi connectivity index (χ1n) is 5.58. The van der Waals surface area contributed by atoms with E-state index in [1.54, 1.807) is 0 Å². The van der Waals surface area contributed by atoms with Gasteiger partial charge < -0.3 is 16.0 Å². The van der Waals surface area contributed by atoms with Gasteiger partial charge in [0, 0.05) is 27.1 Å². The molecule has 0 atom stereocenters. The summed E-state index contributed by atoms with van der Waals surface area (Å²) in [6.45, 7) is 0.0478. The highest BCUT2D eigenvalue weighted by atomic mass is 19.1. The molecule has 1 rings (SSSR count). The van der Waals surface area contributed by atoms with E-state index >= 15 is 0 Å². The molecular formula is C12H15F2N3O2. The van der Waals surface area contributed by atoms with Gasteiger partial charge in [0.25, 0.3) is 5.91 Å². The lowest BCUT2D eigenvalue weighted by Crippen LogP contribution is -2.32. The monoisotopic (exact) mass is 271 g/mol. The molecule has 0 saturated carbocycles. The fraction of sp³-hybridized carbons (Fsp3) is 0.333. The van der Waals surface area contributed by atoms with Crippen molar-refractivity contribution >= 4 is 17.5 Å². The highest BCUT2D eigenvalue weighted by molar-refractivity contribution is 5.95. The smallest absolute Gasteiger partial charge is 0.259 e. The maximum atomic E-state index is 13.6. The average Bonchev–Trinajstić information content (AvgIpc) is 2.40. The third kappa shape index (κ3) is 3.40. The maximum Gasteiger partial charge on any atom is 0.259 e. The fourth-order valence-corrected chi connectivity index (χ4v) is 1.45. The molecular weight excluding hydrogens is 256 g/mol. The molecule has 0 fully saturated rings. The molecule has 0 spiro atoms. The van der Waals surface area contributed by atoms with Crippen LogP contribution in [0.15, 0.2) is 12.1 Å². The quantitative estimate of drug-likeness (QED) is 0.794. The summed E-state index contributed by atoms with van der Waals surface area (Å²) in [4.78, 5) is 24.0. The van der Waals surface area contributed by atoms with Crippen molar-refractivity contribution in [2.24, 2.45) is 0 Å². The van der Waals surface area contributed by atoms with Crippen molar-refractivity contribution in [1.82, 2.24) is 10.2 Å². The van der Waals surface area contributed by atoms with Crippen LogP contribution in [-0.2, 0) is 4.79 Å². The van der Waals surface area contributed by atoms with Gasteiger partial charge in [-0.1, -0.05) is 0 Å². The molecule has 104 valence electrons. The number of carbonyl (C=O) groups excluding carboxylic acids is 2. The summed E-state index contributed by atoms with van der Waals surface area (Å²) in [6, 6.07) is 1.98. The van der Waals surface area contributed by atoms with Crippen molar-refractivity contribution in [2.45, 2.75) is 6.42 Å². The molecule has 3 N–H and O–H groups in total. The fourth-order valence-electron chi connectivity index (χ4n) is 1.45. The molecule has 0 unspecified atom stereocenters. The molecule has 0 aliphatic heterocycles. The zero-order valence-electron chi connectivity index (χ0n) is 10.7. The lowest BCUT2D eigenvalue weighted by molar-refractivity contribution is -0.120. The Hall–Kier alpha value is -2.18. The van der Waals surface area contributed by atoms with Gasteiger partial charge >= 0.3 is 0 Å². The molecule has 0 bridgehead atoms. The number of carbonyl (C=O) groups is 2. The molecule has 0 heterocycles. The van der Waals surface area contributed by atoms with Crippen LogP contribution in [-0.4, -0.2) is 37.4 Å². The van der Waals surface area contributed by atoms with Gasteiger partial charge in [0.2, 0.25) is 5.91 Å². The van der Waals surface area contributed by atoms with Crippen LogP contribution in [0.4, 0.5) is 14.5 Å². The number of amides is 2. The molecule has 7 heteroatoms. The Morgan fingerprint density at radius 3 is 2.58 bits per heavy atom. The first kappa shape index (κ1) is 14.9. The number of hydrogen-bond donors (Lipinski definition) is 2. The summed E-state index contributed by atoms with van der Waals surface area (Å²) >= 11 is 0. The Bertz CT molecular complexity index is 506. The van der Waals surface area contributed by atoms with Crippen molar-refractivity contribution in [3.05, 3.63) is 29.3 Å². The topological polar surface area (TPSA) is 75.4 Å². The van der Waals surface area contributed by atoms with Gasteiger partial charge in [0.05, 0.1) is 5.69 Å². The number of nitrogens with one attached hydrogen (secondary N) is 1. The Morgan fingerprint density at radius 2 is 2.00 bits per heavy atom. The standard InChI is InChI=1S/C12H15F2N3O2/c1-16-9(18)5-6-17(2)12(19)10-7(13)3-4-8(15)11(10)14/h3-4H,5-6,15H2,1-2H3,(H,16,18). The summed E-state index contributed by atoms with van der Waals surface area (Å²) in [6.07, 6.45) is 0.0459. The summed E-state index contributed by atoms with van der Waals surface area (Å²) in [5, 5.41) is 2.39. The third-order valence-electron chi connectivity index (χ3n) is 2.63. The van der Waals surface area contributed by atoms with Gasteiger partial charge in [0.1, 0.15) is 11.4 Å². The van der Waals surface area contributed by atoms with Gasteiger partial charge in [0.15, 0.2) is 5.82 Å². The minimum Gasteiger partial charge on any atom is -0.396 e. The van der Waals surface area contributed by atoms with Crippen LogP contribution >= 0.6 is 0 Å². The Labute approximate surface area is 109 Å². The molecule has 0 aliphatic carbocycles. The van der Waals surface area contributed by atoms with Gasteiger partial charge in [-0.15, -0.1) is 0 Å². The van der Waals surface area contributed by atoms with E-state index in [0.717, 1.165) is 17.0 Å².